The van der Waals surface area contributed by atoms with Crippen LogP contribution in [0.4, 0.5) is 14.5 Å². The molecule has 4 heteroatoms. The first kappa shape index (κ1) is 12.2. The molecule has 0 aliphatic heterocycles. The van der Waals surface area contributed by atoms with E-state index >= 15 is 0 Å². The van der Waals surface area contributed by atoms with Crippen LogP contribution in [0, 0.1) is 18.6 Å². The summed E-state index contributed by atoms with van der Waals surface area (Å²) >= 11 is 0. The van der Waals surface area contributed by atoms with Crippen molar-refractivity contribution in [1.82, 2.24) is 0 Å². The second kappa shape index (κ2) is 5.40. The second-order valence-electron chi connectivity index (χ2n) is 3.91. The lowest BCUT2D eigenvalue weighted by Crippen LogP contribution is -1.94. The van der Waals surface area contributed by atoms with Crippen LogP contribution >= 0.6 is 0 Å². The van der Waals surface area contributed by atoms with Crippen molar-refractivity contribution < 1.29 is 8.78 Å². The van der Waals surface area contributed by atoms with Crippen LogP contribution < -0.4 is 5.43 Å². The summed E-state index contributed by atoms with van der Waals surface area (Å²) in [5, 5.41) is 3.91. The number of hydrogen-bond acceptors (Lipinski definition) is 2. The molecule has 0 atom stereocenters. The first-order valence-corrected chi connectivity index (χ1v) is 5.46. The van der Waals surface area contributed by atoms with E-state index < -0.39 is 11.6 Å². The summed E-state index contributed by atoms with van der Waals surface area (Å²) in [5.74, 6) is -1.28. The van der Waals surface area contributed by atoms with Gasteiger partial charge in [0.05, 0.1) is 11.9 Å². The largest absolute Gasteiger partial charge is 0.276 e. The fourth-order valence-corrected chi connectivity index (χ4v) is 1.51. The molecule has 2 rings (SSSR count). The zero-order valence-corrected chi connectivity index (χ0v) is 9.82. The summed E-state index contributed by atoms with van der Waals surface area (Å²) < 4.78 is 25.9. The number of aryl methyl sites for hydroxylation is 1. The molecule has 2 aromatic rings. The standard InChI is InChI=1S/C14H12F2N2/c1-10-3-2-4-11(7-10)9-17-18-14-6-5-12(15)8-13(14)16/h2-9,18H,1H3/b17-9+. The molecule has 2 aromatic carbocycles. The molecule has 0 saturated heterocycles. The van der Waals surface area contributed by atoms with Crippen molar-refractivity contribution in [3.05, 3.63) is 65.2 Å². The average molecular weight is 246 g/mol. The number of hydrazone groups is 1. The lowest BCUT2D eigenvalue weighted by molar-refractivity contribution is 0.585. The van der Waals surface area contributed by atoms with Gasteiger partial charge < -0.3 is 0 Å². The molecule has 0 aliphatic rings. The van der Waals surface area contributed by atoms with Crippen LogP contribution in [-0.4, -0.2) is 6.21 Å². The predicted molar refractivity (Wildman–Crippen MR) is 68.8 cm³/mol. The summed E-state index contributed by atoms with van der Waals surface area (Å²) in [6.07, 6.45) is 1.58. The van der Waals surface area contributed by atoms with E-state index in [-0.39, 0.29) is 5.69 Å². The number of benzene rings is 2. The van der Waals surface area contributed by atoms with Crippen molar-refractivity contribution >= 4 is 11.9 Å². The molecule has 0 spiro atoms. The zero-order chi connectivity index (χ0) is 13.0. The van der Waals surface area contributed by atoms with Gasteiger partial charge in [0.2, 0.25) is 0 Å². The Balaban J connectivity index is 2.07. The van der Waals surface area contributed by atoms with E-state index in [1.165, 1.54) is 12.1 Å². The van der Waals surface area contributed by atoms with Gasteiger partial charge in [0, 0.05) is 6.07 Å². The molecule has 0 aliphatic carbocycles. The number of nitrogens with one attached hydrogen (secondary N) is 1. The van der Waals surface area contributed by atoms with Crippen LogP contribution in [0.2, 0.25) is 0 Å². The van der Waals surface area contributed by atoms with Crippen molar-refractivity contribution in [2.75, 3.05) is 5.43 Å². The fraction of sp³-hybridized carbons (Fsp3) is 0.0714. The normalized spacial score (nSPS) is 10.8. The Labute approximate surface area is 104 Å². The van der Waals surface area contributed by atoms with Gasteiger partial charge in [0.1, 0.15) is 5.82 Å². The molecule has 0 saturated carbocycles. The monoisotopic (exact) mass is 246 g/mol. The van der Waals surface area contributed by atoms with Gasteiger partial charge in [-0.15, -0.1) is 0 Å². The van der Waals surface area contributed by atoms with Crippen LogP contribution in [0.3, 0.4) is 0 Å². The molecule has 18 heavy (non-hydrogen) atoms. The van der Waals surface area contributed by atoms with Gasteiger partial charge in [-0.2, -0.15) is 5.10 Å². The van der Waals surface area contributed by atoms with Crippen LogP contribution in [0.5, 0.6) is 0 Å². The fourth-order valence-electron chi connectivity index (χ4n) is 1.51. The van der Waals surface area contributed by atoms with Crippen LogP contribution in [-0.2, 0) is 0 Å². The van der Waals surface area contributed by atoms with Gasteiger partial charge in [-0.25, -0.2) is 8.78 Å². The first-order chi connectivity index (χ1) is 8.65. The number of halogens is 2. The topological polar surface area (TPSA) is 24.4 Å². The Kier molecular flexibility index (Phi) is 3.67. The van der Waals surface area contributed by atoms with Crippen LogP contribution in [0.1, 0.15) is 11.1 Å². The lowest BCUT2D eigenvalue weighted by atomic mass is 10.2. The number of hydrogen-bond donors (Lipinski definition) is 1. The molecule has 0 heterocycles. The highest BCUT2D eigenvalue weighted by molar-refractivity contribution is 5.80. The molecule has 0 radical (unpaired) electrons. The van der Waals surface area contributed by atoms with Gasteiger partial charge in [-0.1, -0.05) is 29.8 Å². The minimum absolute atomic E-state index is 0.139. The first-order valence-electron chi connectivity index (χ1n) is 5.46. The van der Waals surface area contributed by atoms with Crippen LogP contribution in [0.25, 0.3) is 0 Å². The van der Waals surface area contributed by atoms with E-state index in [9.17, 15) is 8.78 Å². The summed E-state index contributed by atoms with van der Waals surface area (Å²) in [5.41, 5.74) is 4.70. The maximum absolute atomic E-state index is 13.3. The van der Waals surface area contributed by atoms with Crippen molar-refractivity contribution in [2.24, 2.45) is 5.10 Å². The summed E-state index contributed by atoms with van der Waals surface area (Å²) in [7, 11) is 0. The maximum atomic E-state index is 13.3. The Morgan fingerprint density at radius 1 is 1.11 bits per heavy atom. The third-order valence-electron chi connectivity index (χ3n) is 2.37. The average Bonchev–Trinajstić information content (AvgIpc) is 2.32. The van der Waals surface area contributed by atoms with Gasteiger partial charge in [0.15, 0.2) is 5.82 Å². The summed E-state index contributed by atoms with van der Waals surface area (Å²) in [4.78, 5) is 0. The van der Waals surface area contributed by atoms with E-state index in [2.05, 4.69) is 10.5 Å². The predicted octanol–water partition coefficient (Wildman–Crippen LogP) is 3.72. The van der Waals surface area contributed by atoms with Crippen molar-refractivity contribution in [3.8, 4) is 0 Å². The van der Waals surface area contributed by atoms with Gasteiger partial charge in [0.25, 0.3) is 0 Å². The van der Waals surface area contributed by atoms with Gasteiger partial charge >= 0.3 is 0 Å². The molecule has 0 amide bonds. The highest BCUT2D eigenvalue weighted by Gasteiger charge is 2.01. The van der Waals surface area contributed by atoms with E-state index in [0.717, 1.165) is 17.2 Å². The van der Waals surface area contributed by atoms with Crippen LogP contribution in [0.15, 0.2) is 47.6 Å². The Morgan fingerprint density at radius 3 is 2.67 bits per heavy atom. The number of rotatable bonds is 3. The zero-order valence-electron chi connectivity index (χ0n) is 9.82. The lowest BCUT2D eigenvalue weighted by Gasteiger charge is -2.01. The Hall–Kier alpha value is -2.23. The molecule has 1 N–H and O–H groups in total. The van der Waals surface area contributed by atoms with Crippen molar-refractivity contribution in [2.45, 2.75) is 6.92 Å². The Morgan fingerprint density at radius 2 is 1.94 bits per heavy atom. The molecule has 92 valence electrons. The molecule has 2 nitrogen and oxygen atoms in total. The highest BCUT2D eigenvalue weighted by atomic mass is 19.1. The smallest absolute Gasteiger partial charge is 0.151 e. The third kappa shape index (κ3) is 3.13. The quantitative estimate of drug-likeness (QED) is 0.647. The number of nitrogens with zero attached hydrogens (tertiary/aromatic N) is 1. The molecule has 0 bridgehead atoms. The highest BCUT2D eigenvalue weighted by Crippen LogP contribution is 2.14. The minimum atomic E-state index is -0.670. The molecule has 0 fully saturated rings. The molecular formula is C14H12F2N2. The Bertz CT molecular complexity index is 580. The minimum Gasteiger partial charge on any atom is -0.276 e. The van der Waals surface area contributed by atoms with Gasteiger partial charge in [-0.3, -0.25) is 5.43 Å². The summed E-state index contributed by atoms with van der Waals surface area (Å²) in [6, 6.07) is 11.0. The third-order valence-corrected chi connectivity index (χ3v) is 2.37. The second-order valence-corrected chi connectivity index (χ2v) is 3.91. The van der Waals surface area contributed by atoms with E-state index in [4.69, 9.17) is 0 Å². The van der Waals surface area contributed by atoms with E-state index in [1.54, 1.807) is 6.21 Å². The molecular weight excluding hydrogens is 234 g/mol. The van der Waals surface area contributed by atoms with Gasteiger partial charge in [-0.05, 0) is 24.6 Å². The molecule has 0 unspecified atom stereocenters. The van der Waals surface area contributed by atoms with Crippen molar-refractivity contribution in [1.29, 1.82) is 0 Å². The molecule has 0 aromatic heterocycles. The summed E-state index contributed by atoms with van der Waals surface area (Å²) in [6.45, 7) is 1.98. The van der Waals surface area contributed by atoms with E-state index in [0.29, 0.717) is 0 Å². The maximum Gasteiger partial charge on any atom is 0.151 e. The SMILES string of the molecule is Cc1cccc(/C=N/Nc2ccc(F)cc2F)c1. The van der Waals surface area contributed by atoms with E-state index in [1.807, 2.05) is 31.2 Å². The number of anilines is 1. The van der Waals surface area contributed by atoms with Crippen molar-refractivity contribution in [3.63, 3.8) is 0 Å².